The van der Waals surface area contributed by atoms with Crippen LogP contribution in [0.15, 0.2) is 23.1 Å². The Bertz CT molecular complexity index is 441. The monoisotopic (exact) mass is 231 g/mol. The molecule has 1 rings (SSSR count). The predicted octanol–water partition coefficient (Wildman–Crippen LogP) is 0.0434. The van der Waals surface area contributed by atoms with Crippen molar-refractivity contribution in [3.05, 3.63) is 18.2 Å². The number of anilines is 1. The van der Waals surface area contributed by atoms with E-state index in [-0.39, 0.29) is 16.4 Å². The molecule has 0 fully saturated rings. The van der Waals surface area contributed by atoms with Gasteiger partial charge in [0.2, 0.25) is 0 Å². The zero-order valence-electron chi connectivity index (χ0n) is 8.30. The van der Waals surface area contributed by atoms with E-state index in [0.29, 0.717) is 5.69 Å². The molecule has 6 heteroatoms. The molecule has 0 aromatic heterocycles. The molecule has 0 radical (unpaired) electrons. The molecule has 0 amide bonds. The lowest BCUT2D eigenvalue weighted by Crippen LogP contribution is -2.11. The number of rotatable bonds is 4. The third-order valence-electron chi connectivity index (χ3n) is 1.88. The summed E-state index contributed by atoms with van der Waals surface area (Å²) in [5, 5.41) is 8.64. The van der Waals surface area contributed by atoms with E-state index in [1.807, 2.05) is 0 Å². The molecule has 1 aromatic carbocycles. The fraction of sp³-hybridized carbons (Fsp3) is 0.333. The summed E-state index contributed by atoms with van der Waals surface area (Å²) < 4.78 is 28.3. The molecule has 0 atom stereocenters. The third-order valence-corrected chi connectivity index (χ3v) is 3.59. The Hall–Kier alpha value is -1.27. The Labute approximate surface area is 88.4 Å². The topological polar surface area (TPSA) is 89.6 Å². The first kappa shape index (κ1) is 11.8. The van der Waals surface area contributed by atoms with Crippen LogP contribution >= 0.6 is 0 Å². The van der Waals surface area contributed by atoms with Crippen molar-refractivity contribution >= 4 is 15.5 Å². The van der Waals surface area contributed by atoms with E-state index in [2.05, 4.69) is 0 Å². The van der Waals surface area contributed by atoms with Gasteiger partial charge in [-0.15, -0.1) is 0 Å². The van der Waals surface area contributed by atoms with Crippen molar-refractivity contribution < 1.29 is 18.3 Å². The summed E-state index contributed by atoms with van der Waals surface area (Å²) in [5.41, 5.74) is 5.83. The smallest absolute Gasteiger partial charge is 0.184 e. The standard InChI is InChI=1S/C9H13NO4S/c1-14-8-3-2-7(10)6-9(8)15(12,13)5-4-11/h2-3,6,11H,4-5,10H2,1H3. The van der Waals surface area contributed by atoms with E-state index < -0.39 is 16.4 Å². The van der Waals surface area contributed by atoms with Crippen LogP contribution in [-0.4, -0.2) is 33.0 Å². The number of aliphatic hydroxyl groups is 1. The number of hydrogen-bond acceptors (Lipinski definition) is 5. The Morgan fingerprint density at radius 3 is 2.67 bits per heavy atom. The maximum Gasteiger partial charge on any atom is 0.184 e. The van der Waals surface area contributed by atoms with Crippen molar-refractivity contribution in [2.24, 2.45) is 0 Å². The molecule has 3 N–H and O–H groups in total. The van der Waals surface area contributed by atoms with Gasteiger partial charge in [0.05, 0.1) is 19.5 Å². The van der Waals surface area contributed by atoms with Crippen molar-refractivity contribution in [3.63, 3.8) is 0 Å². The van der Waals surface area contributed by atoms with Crippen molar-refractivity contribution in [1.29, 1.82) is 0 Å². The van der Waals surface area contributed by atoms with Crippen molar-refractivity contribution in [3.8, 4) is 5.75 Å². The lowest BCUT2D eigenvalue weighted by atomic mass is 10.3. The maximum atomic E-state index is 11.7. The highest BCUT2D eigenvalue weighted by molar-refractivity contribution is 7.91. The van der Waals surface area contributed by atoms with Gasteiger partial charge in [-0.25, -0.2) is 8.42 Å². The molecule has 0 spiro atoms. The van der Waals surface area contributed by atoms with Gasteiger partial charge < -0.3 is 15.6 Å². The molecule has 5 nitrogen and oxygen atoms in total. The Morgan fingerprint density at radius 2 is 2.13 bits per heavy atom. The summed E-state index contributed by atoms with van der Waals surface area (Å²) >= 11 is 0. The number of aliphatic hydroxyl groups excluding tert-OH is 1. The Kier molecular flexibility index (Phi) is 3.54. The Morgan fingerprint density at radius 1 is 1.47 bits per heavy atom. The van der Waals surface area contributed by atoms with Gasteiger partial charge in [0.1, 0.15) is 10.6 Å². The lowest BCUT2D eigenvalue weighted by Gasteiger charge is -2.09. The summed E-state index contributed by atoms with van der Waals surface area (Å²) in [6.45, 7) is -0.430. The largest absolute Gasteiger partial charge is 0.495 e. The quantitative estimate of drug-likeness (QED) is 0.714. The van der Waals surface area contributed by atoms with Crippen LogP contribution in [0.1, 0.15) is 0 Å². The molecule has 1 aromatic rings. The highest BCUT2D eigenvalue weighted by atomic mass is 32.2. The number of methoxy groups -OCH3 is 1. The number of ether oxygens (including phenoxy) is 1. The number of nitrogens with two attached hydrogens (primary N) is 1. The van der Waals surface area contributed by atoms with E-state index in [1.54, 1.807) is 6.07 Å². The van der Waals surface area contributed by atoms with Crippen LogP contribution in [0.3, 0.4) is 0 Å². The fourth-order valence-electron chi connectivity index (χ4n) is 1.17. The van der Waals surface area contributed by atoms with E-state index in [0.717, 1.165) is 0 Å². The molecule has 0 aliphatic rings. The lowest BCUT2D eigenvalue weighted by molar-refractivity contribution is 0.319. The minimum Gasteiger partial charge on any atom is -0.495 e. The fourth-order valence-corrected chi connectivity index (χ4v) is 2.40. The van der Waals surface area contributed by atoms with Crippen molar-refractivity contribution in [2.75, 3.05) is 25.2 Å². The Balaban J connectivity index is 3.28. The van der Waals surface area contributed by atoms with E-state index in [4.69, 9.17) is 15.6 Å². The second kappa shape index (κ2) is 4.50. The molecule has 0 saturated heterocycles. The van der Waals surface area contributed by atoms with Gasteiger partial charge in [0, 0.05) is 5.69 Å². The zero-order valence-corrected chi connectivity index (χ0v) is 9.12. The molecule has 0 heterocycles. The van der Waals surface area contributed by atoms with Crippen LogP contribution < -0.4 is 10.5 Å². The van der Waals surface area contributed by atoms with E-state index >= 15 is 0 Å². The van der Waals surface area contributed by atoms with Crippen LogP contribution in [0.2, 0.25) is 0 Å². The zero-order chi connectivity index (χ0) is 11.5. The van der Waals surface area contributed by atoms with Gasteiger partial charge in [-0.05, 0) is 18.2 Å². The molecule has 0 aliphatic carbocycles. The van der Waals surface area contributed by atoms with Crippen LogP contribution in [0.25, 0.3) is 0 Å². The third kappa shape index (κ3) is 2.60. The van der Waals surface area contributed by atoms with Crippen molar-refractivity contribution in [1.82, 2.24) is 0 Å². The van der Waals surface area contributed by atoms with Gasteiger partial charge in [-0.3, -0.25) is 0 Å². The average molecular weight is 231 g/mol. The van der Waals surface area contributed by atoms with Gasteiger partial charge in [-0.2, -0.15) is 0 Å². The molecular weight excluding hydrogens is 218 g/mol. The van der Waals surface area contributed by atoms with E-state index in [9.17, 15) is 8.42 Å². The van der Waals surface area contributed by atoms with Crippen molar-refractivity contribution in [2.45, 2.75) is 4.90 Å². The summed E-state index contributed by atoms with van der Waals surface area (Å²) in [6.07, 6.45) is 0. The first-order valence-corrected chi connectivity index (χ1v) is 5.93. The van der Waals surface area contributed by atoms with E-state index in [1.165, 1.54) is 19.2 Å². The number of nitrogen functional groups attached to an aromatic ring is 1. The normalized spacial score (nSPS) is 11.3. The summed E-state index contributed by atoms with van der Waals surface area (Å²) in [4.78, 5) is 0.0130. The SMILES string of the molecule is COc1ccc(N)cc1S(=O)(=O)CCO. The van der Waals surface area contributed by atoms with Gasteiger partial charge in [-0.1, -0.05) is 0 Å². The second-order valence-corrected chi connectivity index (χ2v) is 5.03. The van der Waals surface area contributed by atoms with Crippen LogP contribution in [0.5, 0.6) is 5.75 Å². The first-order valence-electron chi connectivity index (χ1n) is 4.28. The molecule has 15 heavy (non-hydrogen) atoms. The number of hydrogen-bond donors (Lipinski definition) is 2. The number of benzene rings is 1. The molecule has 0 saturated carbocycles. The minimum atomic E-state index is -3.53. The van der Waals surface area contributed by atoms with Crippen LogP contribution in [-0.2, 0) is 9.84 Å². The summed E-state index contributed by atoms with van der Waals surface area (Å²) in [6, 6.07) is 4.36. The first-order chi connectivity index (χ1) is 7.01. The molecule has 84 valence electrons. The average Bonchev–Trinajstić information content (AvgIpc) is 2.17. The highest BCUT2D eigenvalue weighted by Crippen LogP contribution is 2.26. The van der Waals surface area contributed by atoms with Crippen LogP contribution in [0.4, 0.5) is 5.69 Å². The van der Waals surface area contributed by atoms with Crippen LogP contribution in [0, 0.1) is 0 Å². The second-order valence-electron chi connectivity index (χ2n) is 2.95. The molecular formula is C9H13NO4S. The highest BCUT2D eigenvalue weighted by Gasteiger charge is 2.19. The molecule has 0 aliphatic heterocycles. The number of sulfone groups is 1. The molecule has 0 bridgehead atoms. The predicted molar refractivity (Wildman–Crippen MR) is 56.5 cm³/mol. The summed E-state index contributed by atoms with van der Waals surface area (Å²) in [5.74, 6) is -0.107. The van der Waals surface area contributed by atoms with Gasteiger partial charge in [0.15, 0.2) is 9.84 Å². The minimum absolute atomic E-state index is 0.0130. The van der Waals surface area contributed by atoms with Gasteiger partial charge in [0.25, 0.3) is 0 Å². The molecule has 0 unspecified atom stereocenters. The maximum absolute atomic E-state index is 11.7. The summed E-state index contributed by atoms with van der Waals surface area (Å²) in [7, 11) is -2.15. The van der Waals surface area contributed by atoms with Gasteiger partial charge >= 0.3 is 0 Å².